The van der Waals surface area contributed by atoms with Gasteiger partial charge < -0.3 is 9.64 Å². The van der Waals surface area contributed by atoms with Crippen molar-refractivity contribution >= 4 is 15.9 Å². The SMILES string of the molecule is COc1cc(C)c(S(=O)(=O)NCCCN2CCCC2=O)c(C)c1. The maximum absolute atomic E-state index is 12.5. The molecule has 1 aromatic carbocycles. The van der Waals surface area contributed by atoms with Crippen molar-refractivity contribution in [2.24, 2.45) is 0 Å². The number of nitrogens with zero attached hydrogens (tertiary/aromatic N) is 1. The van der Waals surface area contributed by atoms with Crippen LogP contribution in [0.3, 0.4) is 0 Å². The van der Waals surface area contributed by atoms with Crippen LogP contribution in [0.2, 0.25) is 0 Å². The number of aryl methyl sites for hydroxylation is 2. The lowest BCUT2D eigenvalue weighted by atomic mass is 10.1. The molecule has 2 rings (SSSR count). The van der Waals surface area contributed by atoms with E-state index in [1.165, 1.54) is 0 Å². The first kappa shape index (κ1) is 17.7. The highest BCUT2D eigenvalue weighted by Gasteiger charge is 2.22. The van der Waals surface area contributed by atoms with Gasteiger partial charge in [0, 0.05) is 26.1 Å². The van der Waals surface area contributed by atoms with E-state index in [0.29, 0.717) is 47.7 Å². The third kappa shape index (κ3) is 4.23. The minimum atomic E-state index is -3.56. The topological polar surface area (TPSA) is 75.7 Å². The number of amides is 1. The summed E-state index contributed by atoms with van der Waals surface area (Å²) >= 11 is 0. The average molecular weight is 340 g/mol. The fourth-order valence-corrected chi connectivity index (χ4v) is 4.46. The summed E-state index contributed by atoms with van der Waals surface area (Å²) in [5.74, 6) is 0.807. The van der Waals surface area contributed by atoms with Crippen LogP contribution in [-0.4, -0.2) is 46.0 Å². The molecule has 0 atom stereocenters. The van der Waals surface area contributed by atoms with Crippen molar-refractivity contribution in [3.05, 3.63) is 23.3 Å². The quantitative estimate of drug-likeness (QED) is 0.765. The largest absolute Gasteiger partial charge is 0.497 e. The summed E-state index contributed by atoms with van der Waals surface area (Å²) in [4.78, 5) is 13.6. The molecule has 0 aliphatic carbocycles. The smallest absolute Gasteiger partial charge is 0.241 e. The van der Waals surface area contributed by atoms with E-state index in [9.17, 15) is 13.2 Å². The molecule has 128 valence electrons. The third-order valence-electron chi connectivity index (χ3n) is 4.01. The molecule has 7 heteroatoms. The number of hydrogen-bond acceptors (Lipinski definition) is 4. The van der Waals surface area contributed by atoms with Crippen LogP contribution in [0.15, 0.2) is 17.0 Å². The highest BCUT2D eigenvalue weighted by Crippen LogP contribution is 2.25. The van der Waals surface area contributed by atoms with Gasteiger partial charge in [0.05, 0.1) is 12.0 Å². The van der Waals surface area contributed by atoms with Gasteiger partial charge in [-0.15, -0.1) is 0 Å². The summed E-state index contributed by atoms with van der Waals surface area (Å²) in [7, 11) is -2.01. The summed E-state index contributed by atoms with van der Waals surface area (Å²) in [5.41, 5.74) is 1.31. The maximum atomic E-state index is 12.5. The molecule has 0 saturated carbocycles. The third-order valence-corrected chi connectivity index (χ3v) is 5.77. The molecule has 0 unspecified atom stereocenters. The Morgan fingerprint density at radius 3 is 2.43 bits per heavy atom. The number of hydrogen-bond donors (Lipinski definition) is 1. The van der Waals surface area contributed by atoms with Gasteiger partial charge in [0.2, 0.25) is 15.9 Å². The Morgan fingerprint density at radius 1 is 1.26 bits per heavy atom. The monoisotopic (exact) mass is 340 g/mol. The number of likely N-dealkylation sites (tertiary alicyclic amines) is 1. The number of rotatable bonds is 7. The Hall–Kier alpha value is -1.60. The summed E-state index contributed by atoms with van der Waals surface area (Å²) < 4.78 is 32.8. The molecule has 1 fully saturated rings. The van der Waals surface area contributed by atoms with E-state index in [1.807, 2.05) is 0 Å². The molecule has 1 aliphatic rings. The standard InChI is InChI=1S/C16H24N2O4S/c1-12-10-14(22-3)11-13(2)16(12)23(20,21)17-7-5-9-18-8-4-6-15(18)19/h10-11,17H,4-9H2,1-3H3. The van der Waals surface area contributed by atoms with Gasteiger partial charge in [0.1, 0.15) is 5.75 Å². The molecule has 0 aromatic heterocycles. The Bertz CT molecular complexity index is 662. The minimum absolute atomic E-state index is 0.162. The fourth-order valence-electron chi connectivity index (χ4n) is 2.94. The van der Waals surface area contributed by atoms with Crippen LogP contribution in [-0.2, 0) is 14.8 Å². The molecule has 0 radical (unpaired) electrons. The lowest BCUT2D eigenvalue weighted by Crippen LogP contribution is -2.31. The van der Waals surface area contributed by atoms with Crippen LogP contribution < -0.4 is 9.46 Å². The van der Waals surface area contributed by atoms with Crippen molar-refractivity contribution in [2.75, 3.05) is 26.7 Å². The first-order valence-electron chi connectivity index (χ1n) is 7.78. The number of sulfonamides is 1. The van der Waals surface area contributed by atoms with E-state index in [2.05, 4.69) is 4.72 Å². The van der Waals surface area contributed by atoms with Crippen molar-refractivity contribution in [3.8, 4) is 5.75 Å². The van der Waals surface area contributed by atoms with Crippen LogP contribution >= 0.6 is 0 Å². The summed E-state index contributed by atoms with van der Waals surface area (Å²) in [6, 6.07) is 3.43. The molecule has 0 bridgehead atoms. The molecular weight excluding hydrogens is 316 g/mol. The van der Waals surface area contributed by atoms with Crippen molar-refractivity contribution in [1.82, 2.24) is 9.62 Å². The number of methoxy groups -OCH3 is 1. The molecule has 1 heterocycles. The Kier molecular flexibility index (Phi) is 5.64. The normalized spacial score (nSPS) is 15.3. The zero-order valence-corrected chi connectivity index (χ0v) is 14.7. The van der Waals surface area contributed by atoms with E-state index < -0.39 is 10.0 Å². The number of carbonyl (C=O) groups excluding carboxylic acids is 1. The summed E-state index contributed by atoms with van der Waals surface area (Å²) in [6.45, 7) is 5.21. The second-order valence-electron chi connectivity index (χ2n) is 5.83. The average Bonchev–Trinajstić information content (AvgIpc) is 2.88. The van der Waals surface area contributed by atoms with Crippen molar-refractivity contribution in [1.29, 1.82) is 0 Å². The minimum Gasteiger partial charge on any atom is -0.497 e. The van der Waals surface area contributed by atoms with Gasteiger partial charge in [-0.25, -0.2) is 13.1 Å². The molecular formula is C16H24N2O4S. The molecule has 6 nitrogen and oxygen atoms in total. The molecule has 1 aromatic rings. The van der Waals surface area contributed by atoms with E-state index in [4.69, 9.17) is 4.74 Å². The van der Waals surface area contributed by atoms with Crippen LogP contribution in [0, 0.1) is 13.8 Å². The van der Waals surface area contributed by atoms with Crippen LogP contribution in [0.5, 0.6) is 5.75 Å². The Balaban J connectivity index is 1.98. The van der Waals surface area contributed by atoms with Crippen molar-refractivity contribution < 1.29 is 17.9 Å². The predicted molar refractivity (Wildman–Crippen MR) is 88.1 cm³/mol. The number of carbonyl (C=O) groups is 1. The van der Waals surface area contributed by atoms with Crippen molar-refractivity contribution in [3.63, 3.8) is 0 Å². The lowest BCUT2D eigenvalue weighted by molar-refractivity contribution is -0.127. The maximum Gasteiger partial charge on any atom is 0.241 e. The van der Waals surface area contributed by atoms with Gasteiger partial charge in [-0.1, -0.05) is 0 Å². The van der Waals surface area contributed by atoms with Gasteiger partial charge in [0.25, 0.3) is 0 Å². The van der Waals surface area contributed by atoms with E-state index in [1.54, 1.807) is 38.0 Å². The highest BCUT2D eigenvalue weighted by atomic mass is 32.2. The molecule has 23 heavy (non-hydrogen) atoms. The molecule has 1 aliphatic heterocycles. The van der Waals surface area contributed by atoms with E-state index >= 15 is 0 Å². The number of ether oxygens (including phenoxy) is 1. The fraction of sp³-hybridized carbons (Fsp3) is 0.562. The van der Waals surface area contributed by atoms with Gasteiger partial charge >= 0.3 is 0 Å². The van der Waals surface area contributed by atoms with Crippen LogP contribution in [0.25, 0.3) is 0 Å². The zero-order chi connectivity index (χ0) is 17.0. The zero-order valence-electron chi connectivity index (χ0n) is 13.9. The van der Waals surface area contributed by atoms with E-state index in [0.717, 1.165) is 13.0 Å². The highest BCUT2D eigenvalue weighted by molar-refractivity contribution is 7.89. The van der Waals surface area contributed by atoms with Gasteiger partial charge in [-0.05, 0) is 49.9 Å². The van der Waals surface area contributed by atoms with Crippen LogP contribution in [0.4, 0.5) is 0 Å². The molecule has 0 spiro atoms. The first-order valence-corrected chi connectivity index (χ1v) is 9.26. The van der Waals surface area contributed by atoms with Gasteiger partial charge in [-0.3, -0.25) is 4.79 Å². The number of benzene rings is 1. The molecule has 1 saturated heterocycles. The second-order valence-corrected chi connectivity index (χ2v) is 7.53. The molecule has 1 N–H and O–H groups in total. The van der Waals surface area contributed by atoms with Gasteiger partial charge in [-0.2, -0.15) is 0 Å². The summed E-state index contributed by atoms with van der Waals surface area (Å²) in [5, 5.41) is 0. The second kappa shape index (κ2) is 7.31. The lowest BCUT2D eigenvalue weighted by Gasteiger charge is -2.16. The van der Waals surface area contributed by atoms with Crippen LogP contribution in [0.1, 0.15) is 30.4 Å². The summed E-state index contributed by atoms with van der Waals surface area (Å²) in [6.07, 6.45) is 2.12. The van der Waals surface area contributed by atoms with Gasteiger partial charge in [0.15, 0.2) is 0 Å². The molecule has 1 amide bonds. The van der Waals surface area contributed by atoms with Crippen molar-refractivity contribution in [2.45, 2.75) is 38.0 Å². The first-order chi connectivity index (χ1) is 10.8. The van der Waals surface area contributed by atoms with E-state index in [-0.39, 0.29) is 5.91 Å². The Labute approximate surface area is 137 Å². The number of nitrogens with one attached hydrogen (secondary N) is 1. The Morgan fingerprint density at radius 2 is 1.91 bits per heavy atom. The predicted octanol–water partition coefficient (Wildman–Crippen LogP) is 1.60.